The van der Waals surface area contributed by atoms with Gasteiger partial charge in [0.05, 0.1) is 5.92 Å². The molecule has 1 aromatic rings. The van der Waals surface area contributed by atoms with E-state index < -0.39 is 5.79 Å². The number of ether oxygens (including phenoxy) is 1. The topological polar surface area (TPSA) is 46.5 Å². The normalized spacial score (nSPS) is 33.1. The lowest BCUT2D eigenvalue weighted by Gasteiger charge is -2.32. The maximum atomic E-state index is 11.4. The molecule has 1 aliphatic heterocycles. The van der Waals surface area contributed by atoms with Crippen molar-refractivity contribution in [2.45, 2.75) is 31.0 Å². The molecule has 0 aromatic heterocycles. The number of carbonyl (C=O) groups is 1. The molecule has 2 atom stereocenters. The Morgan fingerprint density at radius 1 is 1.40 bits per heavy atom. The van der Waals surface area contributed by atoms with E-state index in [0.717, 1.165) is 11.3 Å². The molecule has 1 saturated carbocycles. The highest BCUT2D eigenvalue weighted by Crippen LogP contribution is 2.49. The zero-order valence-corrected chi connectivity index (χ0v) is 8.27. The highest BCUT2D eigenvalue weighted by Gasteiger charge is 2.50. The van der Waals surface area contributed by atoms with Crippen molar-refractivity contribution >= 4 is 5.78 Å². The summed E-state index contributed by atoms with van der Waals surface area (Å²) in [5.74, 6) is -0.378. The Kier molecular flexibility index (Phi) is 1.68. The van der Waals surface area contributed by atoms with Crippen molar-refractivity contribution in [1.82, 2.24) is 0 Å². The minimum atomic E-state index is -1.14. The molecule has 0 spiro atoms. The fourth-order valence-corrected chi connectivity index (χ4v) is 2.51. The van der Waals surface area contributed by atoms with Crippen LogP contribution in [0, 0.1) is 0 Å². The zero-order valence-electron chi connectivity index (χ0n) is 8.27. The van der Waals surface area contributed by atoms with Gasteiger partial charge in [0.1, 0.15) is 11.5 Å². The third-order valence-electron chi connectivity index (χ3n) is 3.32. The molecular formula is C12H12O3. The van der Waals surface area contributed by atoms with Crippen LogP contribution >= 0.6 is 0 Å². The van der Waals surface area contributed by atoms with Crippen LogP contribution < -0.4 is 4.74 Å². The molecule has 15 heavy (non-hydrogen) atoms. The number of benzene rings is 1. The second-order valence-corrected chi connectivity index (χ2v) is 4.28. The van der Waals surface area contributed by atoms with Crippen molar-refractivity contribution in [3.05, 3.63) is 29.8 Å². The Bertz CT molecular complexity index is 427. The second kappa shape index (κ2) is 2.83. The van der Waals surface area contributed by atoms with E-state index in [1.165, 1.54) is 0 Å². The number of para-hydroxylation sites is 1. The second-order valence-electron chi connectivity index (χ2n) is 4.28. The molecule has 3 nitrogen and oxygen atoms in total. The van der Waals surface area contributed by atoms with Crippen LogP contribution in [0.1, 0.15) is 30.7 Å². The number of Topliss-reactive ketones (excluding diaryl/α,β-unsaturated/α-hetero) is 1. The molecule has 2 unspecified atom stereocenters. The van der Waals surface area contributed by atoms with Gasteiger partial charge >= 0.3 is 0 Å². The lowest BCUT2D eigenvalue weighted by atomic mass is 9.80. The average Bonchev–Trinajstić information content (AvgIpc) is 2.51. The van der Waals surface area contributed by atoms with E-state index in [0.29, 0.717) is 19.3 Å². The highest BCUT2D eigenvalue weighted by atomic mass is 16.6. The monoisotopic (exact) mass is 204 g/mol. The molecule has 0 radical (unpaired) electrons. The number of hydrogen-bond acceptors (Lipinski definition) is 3. The van der Waals surface area contributed by atoms with Gasteiger partial charge in [-0.2, -0.15) is 0 Å². The number of carbonyl (C=O) groups excluding carboxylic acids is 1. The molecule has 2 aliphatic rings. The summed E-state index contributed by atoms with van der Waals surface area (Å²) in [4.78, 5) is 11.4. The number of hydrogen-bond donors (Lipinski definition) is 1. The van der Waals surface area contributed by atoms with Gasteiger partial charge in [-0.25, -0.2) is 0 Å². The molecule has 1 heterocycles. The van der Waals surface area contributed by atoms with Crippen LogP contribution in [-0.2, 0) is 4.79 Å². The van der Waals surface area contributed by atoms with Crippen LogP contribution in [0.5, 0.6) is 5.75 Å². The number of rotatable bonds is 0. The first kappa shape index (κ1) is 8.92. The van der Waals surface area contributed by atoms with E-state index >= 15 is 0 Å². The van der Waals surface area contributed by atoms with E-state index in [1.807, 2.05) is 24.3 Å². The number of ketones is 1. The van der Waals surface area contributed by atoms with Crippen LogP contribution in [0.15, 0.2) is 24.3 Å². The standard InChI is InChI=1S/C12H12O3/c13-8-5-6-12(14)10(7-8)9-3-1-2-4-11(9)15-12/h1-4,10,14H,5-7H2. The maximum absolute atomic E-state index is 11.4. The molecule has 78 valence electrons. The van der Waals surface area contributed by atoms with Crippen LogP contribution in [0.2, 0.25) is 0 Å². The molecular weight excluding hydrogens is 192 g/mol. The Labute approximate surface area is 87.7 Å². The first-order valence-electron chi connectivity index (χ1n) is 5.21. The Hall–Kier alpha value is -1.35. The predicted octanol–water partition coefficient (Wildman–Crippen LogP) is 1.60. The van der Waals surface area contributed by atoms with Gasteiger partial charge in [-0.1, -0.05) is 18.2 Å². The summed E-state index contributed by atoms with van der Waals surface area (Å²) < 4.78 is 5.55. The molecule has 1 fully saturated rings. The van der Waals surface area contributed by atoms with E-state index in [4.69, 9.17) is 4.74 Å². The lowest BCUT2D eigenvalue weighted by Crippen LogP contribution is -2.42. The van der Waals surface area contributed by atoms with Crippen molar-refractivity contribution in [2.24, 2.45) is 0 Å². The quantitative estimate of drug-likeness (QED) is 0.698. The summed E-state index contributed by atoms with van der Waals surface area (Å²) in [5.41, 5.74) is 0.966. The van der Waals surface area contributed by atoms with Crippen LogP contribution in [0.4, 0.5) is 0 Å². The number of aliphatic hydroxyl groups is 1. The van der Waals surface area contributed by atoms with Crippen molar-refractivity contribution in [3.8, 4) is 5.75 Å². The van der Waals surface area contributed by atoms with Gasteiger partial charge in [-0.15, -0.1) is 0 Å². The minimum Gasteiger partial charge on any atom is -0.462 e. The Morgan fingerprint density at radius 3 is 3.07 bits per heavy atom. The van der Waals surface area contributed by atoms with Crippen molar-refractivity contribution in [1.29, 1.82) is 0 Å². The summed E-state index contributed by atoms with van der Waals surface area (Å²) in [5, 5.41) is 10.3. The van der Waals surface area contributed by atoms with Gasteiger partial charge in [-0.3, -0.25) is 4.79 Å². The van der Waals surface area contributed by atoms with Crippen molar-refractivity contribution in [2.75, 3.05) is 0 Å². The Balaban J connectivity index is 2.07. The van der Waals surface area contributed by atoms with Crippen LogP contribution in [0.25, 0.3) is 0 Å². The van der Waals surface area contributed by atoms with E-state index in [-0.39, 0.29) is 11.7 Å². The van der Waals surface area contributed by atoms with E-state index in [1.54, 1.807) is 0 Å². The Morgan fingerprint density at radius 2 is 2.20 bits per heavy atom. The van der Waals surface area contributed by atoms with Gasteiger partial charge in [0, 0.05) is 24.8 Å². The largest absolute Gasteiger partial charge is 0.462 e. The summed E-state index contributed by atoms with van der Waals surface area (Å²) in [6.07, 6.45) is 1.22. The van der Waals surface area contributed by atoms with Gasteiger partial charge < -0.3 is 9.84 Å². The molecule has 0 saturated heterocycles. The van der Waals surface area contributed by atoms with E-state index in [9.17, 15) is 9.90 Å². The third-order valence-corrected chi connectivity index (χ3v) is 3.32. The molecule has 3 rings (SSSR count). The molecule has 1 aromatic carbocycles. The molecule has 0 amide bonds. The van der Waals surface area contributed by atoms with Gasteiger partial charge in [0.2, 0.25) is 5.79 Å². The summed E-state index contributed by atoms with van der Waals surface area (Å²) in [7, 11) is 0. The SMILES string of the molecule is O=C1CCC2(O)Oc3ccccc3C2C1. The zero-order chi connectivity index (χ0) is 10.5. The van der Waals surface area contributed by atoms with Gasteiger partial charge in [0.15, 0.2) is 0 Å². The molecule has 1 N–H and O–H groups in total. The molecule has 1 aliphatic carbocycles. The smallest absolute Gasteiger partial charge is 0.216 e. The first-order chi connectivity index (χ1) is 7.19. The predicted molar refractivity (Wildman–Crippen MR) is 53.6 cm³/mol. The third kappa shape index (κ3) is 1.20. The van der Waals surface area contributed by atoms with Crippen molar-refractivity contribution in [3.63, 3.8) is 0 Å². The van der Waals surface area contributed by atoms with Crippen molar-refractivity contribution < 1.29 is 14.6 Å². The molecule has 0 bridgehead atoms. The molecule has 3 heteroatoms. The van der Waals surface area contributed by atoms with Crippen LogP contribution in [0.3, 0.4) is 0 Å². The summed E-state index contributed by atoms with van der Waals surface area (Å²) >= 11 is 0. The van der Waals surface area contributed by atoms with Gasteiger partial charge in [0.25, 0.3) is 0 Å². The first-order valence-corrected chi connectivity index (χ1v) is 5.21. The minimum absolute atomic E-state index is 0.171. The fourth-order valence-electron chi connectivity index (χ4n) is 2.51. The van der Waals surface area contributed by atoms with Gasteiger partial charge in [-0.05, 0) is 6.07 Å². The summed E-state index contributed by atoms with van der Waals surface area (Å²) in [6, 6.07) is 7.56. The highest BCUT2D eigenvalue weighted by molar-refractivity contribution is 5.81. The average molecular weight is 204 g/mol. The summed E-state index contributed by atoms with van der Waals surface area (Å²) in [6.45, 7) is 0. The van der Waals surface area contributed by atoms with Crippen LogP contribution in [-0.4, -0.2) is 16.7 Å². The fraction of sp³-hybridized carbons (Fsp3) is 0.417. The lowest BCUT2D eigenvalue weighted by molar-refractivity contribution is -0.165. The van der Waals surface area contributed by atoms with E-state index in [2.05, 4.69) is 0 Å². The maximum Gasteiger partial charge on any atom is 0.216 e. The number of fused-ring (bicyclic) bond motifs is 3.